The lowest BCUT2D eigenvalue weighted by Crippen LogP contribution is -1.96. The van der Waals surface area contributed by atoms with Gasteiger partial charge < -0.3 is 9.84 Å². The topological polar surface area (TPSA) is 46.5 Å². The van der Waals surface area contributed by atoms with Gasteiger partial charge in [0.25, 0.3) is 0 Å². The molecule has 1 rings (SSSR count). The average Bonchev–Trinajstić information content (AvgIpc) is 2.47. The van der Waals surface area contributed by atoms with E-state index in [2.05, 4.69) is 19.9 Å². The minimum absolute atomic E-state index is 0.320. The second kappa shape index (κ2) is 7.64. The van der Waals surface area contributed by atoms with Crippen molar-refractivity contribution in [3.63, 3.8) is 0 Å². The van der Waals surface area contributed by atoms with Crippen molar-refractivity contribution in [2.45, 2.75) is 34.6 Å². The van der Waals surface area contributed by atoms with Crippen molar-refractivity contribution in [1.82, 2.24) is 0 Å². The molecule has 0 radical (unpaired) electrons. The zero-order chi connectivity index (χ0) is 16.9. The van der Waals surface area contributed by atoms with Crippen molar-refractivity contribution in [1.29, 1.82) is 0 Å². The predicted octanol–water partition coefficient (Wildman–Crippen LogP) is 4.61. The number of rotatable bonds is 5. The van der Waals surface area contributed by atoms with Gasteiger partial charge in [-0.15, -0.1) is 0 Å². The van der Waals surface area contributed by atoms with Gasteiger partial charge >= 0.3 is 5.97 Å². The lowest BCUT2D eigenvalue weighted by atomic mass is 9.96. The molecule has 0 fully saturated rings. The number of aliphatic carboxylic acids is 1. The highest BCUT2D eigenvalue weighted by Crippen LogP contribution is 2.28. The molecule has 0 aliphatic carbocycles. The van der Waals surface area contributed by atoms with Crippen molar-refractivity contribution in [2.24, 2.45) is 0 Å². The van der Waals surface area contributed by atoms with E-state index >= 15 is 0 Å². The van der Waals surface area contributed by atoms with Crippen LogP contribution in [0.2, 0.25) is 0 Å². The first-order valence-electron chi connectivity index (χ1n) is 7.19. The Kier molecular flexibility index (Phi) is 6.17. The zero-order valence-electron chi connectivity index (χ0n) is 14.2. The first kappa shape index (κ1) is 17.8. The summed E-state index contributed by atoms with van der Waals surface area (Å²) in [7, 11) is 1.68. The maximum absolute atomic E-state index is 10.8. The largest absolute Gasteiger partial charge is 0.496 e. The molecule has 0 atom stereocenters. The summed E-state index contributed by atoms with van der Waals surface area (Å²) in [6.45, 7) is 9.72. The smallest absolute Gasteiger partial charge is 0.331 e. The number of carbonyl (C=O) groups is 1. The first-order chi connectivity index (χ1) is 10.3. The molecule has 22 heavy (non-hydrogen) atoms. The van der Waals surface area contributed by atoms with Gasteiger partial charge in [-0.05, 0) is 62.9 Å². The Morgan fingerprint density at radius 1 is 1.14 bits per heavy atom. The normalized spacial score (nSPS) is 12.8. The summed E-state index contributed by atoms with van der Waals surface area (Å²) in [6, 6.07) is 2.04. The van der Waals surface area contributed by atoms with Gasteiger partial charge in [0.2, 0.25) is 0 Å². The molecule has 3 nitrogen and oxygen atoms in total. The van der Waals surface area contributed by atoms with E-state index in [9.17, 15) is 4.79 Å². The molecular weight excluding hydrogens is 276 g/mol. The Labute approximate surface area is 132 Å². The van der Waals surface area contributed by atoms with E-state index < -0.39 is 5.97 Å². The van der Waals surface area contributed by atoms with Gasteiger partial charge in [0, 0.05) is 5.57 Å². The summed E-state index contributed by atoms with van der Waals surface area (Å²) in [5, 5.41) is 8.83. The number of carboxylic acids is 1. The van der Waals surface area contributed by atoms with Crippen LogP contribution in [0.15, 0.2) is 35.4 Å². The van der Waals surface area contributed by atoms with Crippen LogP contribution in [0, 0.1) is 20.8 Å². The molecule has 118 valence electrons. The van der Waals surface area contributed by atoms with Crippen LogP contribution < -0.4 is 4.74 Å². The second-order valence-corrected chi connectivity index (χ2v) is 5.46. The highest BCUT2D eigenvalue weighted by Gasteiger charge is 2.08. The Balaban J connectivity index is 3.10. The fourth-order valence-electron chi connectivity index (χ4n) is 2.13. The maximum atomic E-state index is 10.8. The molecule has 0 aliphatic heterocycles. The van der Waals surface area contributed by atoms with Gasteiger partial charge in [-0.1, -0.05) is 29.9 Å². The van der Waals surface area contributed by atoms with E-state index in [-0.39, 0.29) is 0 Å². The number of aryl methyl sites for hydroxylation is 1. The van der Waals surface area contributed by atoms with Gasteiger partial charge in [-0.2, -0.15) is 0 Å². The van der Waals surface area contributed by atoms with E-state index in [1.54, 1.807) is 26.2 Å². The molecule has 0 bridgehead atoms. The lowest BCUT2D eigenvalue weighted by Gasteiger charge is -2.13. The summed E-state index contributed by atoms with van der Waals surface area (Å²) in [6.07, 6.45) is 7.47. The third-order valence-electron chi connectivity index (χ3n) is 3.77. The molecule has 1 aromatic rings. The average molecular weight is 300 g/mol. The molecule has 0 unspecified atom stereocenters. The molecule has 0 aromatic heterocycles. The minimum Gasteiger partial charge on any atom is -0.496 e. The summed E-state index contributed by atoms with van der Waals surface area (Å²) in [5.41, 5.74) is 5.97. The van der Waals surface area contributed by atoms with Gasteiger partial charge in [0.15, 0.2) is 0 Å². The van der Waals surface area contributed by atoms with Gasteiger partial charge in [-0.3, -0.25) is 0 Å². The Bertz CT molecular complexity index is 662. The third kappa shape index (κ3) is 4.35. The summed E-state index contributed by atoms with van der Waals surface area (Å²) >= 11 is 0. The quantitative estimate of drug-likeness (QED) is 0.638. The van der Waals surface area contributed by atoms with Crippen LogP contribution in [-0.2, 0) is 4.79 Å². The van der Waals surface area contributed by atoms with Crippen molar-refractivity contribution in [2.75, 3.05) is 7.11 Å². The molecule has 0 spiro atoms. The van der Waals surface area contributed by atoms with Gasteiger partial charge in [0.1, 0.15) is 5.75 Å². The van der Waals surface area contributed by atoms with Crippen molar-refractivity contribution < 1.29 is 14.6 Å². The lowest BCUT2D eigenvalue weighted by molar-refractivity contribution is -0.132. The Morgan fingerprint density at radius 2 is 1.77 bits per heavy atom. The van der Waals surface area contributed by atoms with Crippen LogP contribution in [0.1, 0.15) is 36.1 Å². The van der Waals surface area contributed by atoms with E-state index in [0.717, 1.165) is 22.4 Å². The number of ether oxygens (including phenoxy) is 1. The molecule has 1 N–H and O–H groups in total. The fourth-order valence-corrected chi connectivity index (χ4v) is 2.13. The number of benzene rings is 1. The molecule has 1 aromatic carbocycles. The predicted molar refractivity (Wildman–Crippen MR) is 91.4 cm³/mol. The standard InChI is InChI=1S/C19H24O3/c1-12(7-9-13(2)19(20)21)8-10-17-14(3)11-18(22-6)16(5)15(17)4/h7-11H,1-6H3,(H,20,21). The molecule has 0 heterocycles. The van der Waals surface area contributed by atoms with Gasteiger partial charge in [-0.25, -0.2) is 4.79 Å². The molecular formula is C19H24O3. The summed E-state index contributed by atoms with van der Waals surface area (Å²) in [5.74, 6) is 0.00456. The summed E-state index contributed by atoms with van der Waals surface area (Å²) in [4.78, 5) is 10.8. The molecule has 0 aliphatic rings. The third-order valence-corrected chi connectivity index (χ3v) is 3.77. The Morgan fingerprint density at radius 3 is 2.32 bits per heavy atom. The van der Waals surface area contributed by atoms with Crippen LogP contribution in [0.3, 0.4) is 0 Å². The van der Waals surface area contributed by atoms with Crippen LogP contribution in [0.25, 0.3) is 6.08 Å². The fraction of sp³-hybridized carbons (Fsp3) is 0.316. The van der Waals surface area contributed by atoms with E-state index in [0.29, 0.717) is 5.57 Å². The molecule has 3 heteroatoms. The number of hydrogen-bond acceptors (Lipinski definition) is 2. The van der Waals surface area contributed by atoms with Crippen LogP contribution >= 0.6 is 0 Å². The van der Waals surface area contributed by atoms with E-state index in [4.69, 9.17) is 9.84 Å². The SMILES string of the molecule is COc1cc(C)c(C=CC(C)=CC=C(C)C(=O)O)c(C)c1C. The first-order valence-corrected chi connectivity index (χ1v) is 7.19. The van der Waals surface area contributed by atoms with Crippen LogP contribution in [0.4, 0.5) is 0 Å². The number of allylic oxidation sites excluding steroid dienone is 4. The number of methoxy groups -OCH3 is 1. The highest BCUT2D eigenvalue weighted by molar-refractivity contribution is 5.86. The van der Waals surface area contributed by atoms with Crippen LogP contribution in [0.5, 0.6) is 5.75 Å². The minimum atomic E-state index is -0.898. The molecule has 0 saturated carbocycles. The van der Waals surface area contributed by atoms with Gasteiger partial charge in [0.05, 0.1) is 7.11 Å². The summed E-state index contributed by atoms with van der Waals surface area (Å²) < 4.78 is 5.38. The number of hydrogen-bond donors (Lipinski definition) is 1. The molecule has 0 saturated heterocycles. The zero-order valence-corrected chi connectivity index (χ0v) is 14.2. The maximum Gasteiger partial charge on any atom is 0.331 e. The van der Waals surface area contributed by atoms with Crippen molar-refractivity contribution in [3.8, 4) is 5.75 Å². The van der Waals surface area contributed by atoms with Crippen molar-refractivity contribution in [3.05, 3.63) is 57.7 Å². The Hall–Kier alpha value is -2.29. The highest BCUT2D eigenvalue weighted by atomic mass is 16.5. The van der Waals surface area contributed by atoms with Crippen molar-refractivity contribution >= 4 is 12.0 Å². The van der Waals surface area contributed by atoms with Crippen LogP contribution in [-0.4, -0.2) is 18.2 Å². The number of carboxylic acid groups (broad SMARTS) is 1. The van der Waals surface area contributed by atoms with E-state index in [1.807, 2.05) is 26.0 Å². The second-order valence-electron chi connectivity index (χ2n) is 5.46. The van der Waals surface area contributed by atoms with E-state index in [1.165, 1.54) is 11.1 Å². The molecule has 0 amide bonds. The monoisotopic (exact) mass is 300 g/mol.